The van der Waals surface area contributed by atoms with Crippen molar-refractivity contribution in [3.8, 4) is 44.8 Å². The molecule has 0 spiro atoms. The molecule has 0 fully saturated rings. The van der Waals surface area contributed by atoms with Crippen LogP contribution in [-0.4, -0.2) is 14.1 Å². The largest absolute Gasteiger partial charge is 0.308 e. The summed E-state index contributed by atoms with van der Waals surface area (Å²) in [5, 5.41) is 4.69. The molecule has 10 aromatic rings. The van der Waals surface area contributed by atoms with E-state index in [2.05, 4.69) is 178 Å². The van der Waals surface area contributed by atoms with Gasteiger partial charge in [-0.15, -0.1) is 0 Å². The average molecular weight is 691 g/mol. The van der Waals surface area contributed by atoms with E-state index in [0.717, 1.165) is 44.6 Å². The van der Waals surface area contributed by atoms with Crippen LogP contribution in [0, 0.1) is 20.4 Å². The Morgan fingerprint density at radius 2 is 0.870 bits per heavy atom. The summed E-state index contributed by atoms with van der Waals surface area (Å²) in [4.78, 5) is 8.44. The second-order valence-corrected chi connectivity index (χ2v) is 14.1. The Labute approximate surface area is 313 Å². The van der Waals surface area contributed by atoms with Gasteiger partial charge in [0.25, 0.3) is 0 Å². The number of benzene rings is 7. The fourth-order valence-electron chi connectivity index (χ4n) is 8.10. The first-order valence-electron chi connectivity index (χ1n) is 18.2. The standard InChI is InChI=1S/C50H34N4/c1-32-12-16-34(17-13-32)37-20-22-47-42(28-37)39-8-4-6-10-45(39)53(47)49-30-41(36-24-26-52-27-25-36)44(51-3)31-50(49)54-46-11-7-5-9-40(46)43-29-38(21-23-48(43)54)35-18-14-33(2)15-19-35/h4-31H,1-2H3. The van der Waals surface area contributed by atoms with Gasteiger partial charge in [-0.05, 0) is 108 Å². The monoisotopic (exact) mass is 690 g/mol. The van der Waals surface area contributed by atoms with Crippen LogP contribution in [0.25, 0.3) is 93.2 Å². The number of hydrogen-bond donors (Lipinski definition) is 0. The maximum absolute atomic E-state index is 8.44. The minimum Gasteiger partial charge on any atom is -0.308 e. The van der Waals surface area contributed by atoms with Crippen molar-refractivity contribution < 1.29 is 0 Å². The normalized spacial score (nSPS) is 11.5. The molecule has 4 nitrogen and oxygen atoms in total. The van der Waals surface area contributed by atoms with Crippen molar-refractivity contribution in [2.75, 3.05) is 0 Å². The quantitative estimate of drug-likeness (QED) is 0.165. The van der Waals surface area contributed by atoms with Crippen LogP contribution in [0.4, 0.5) is 5.69 Å². The van der Waals surface area contributed by atoms with Crippen LogP contribution < -0.4 is 0 Å². The fourth-order valence-corrected chi connectivity index (χ4v) is 8.10. The van der Waals surface area contributed by atoms with Crippen molar-refractivity contribution in [1.29, 1.82) is 0 Å². The number of aryl methyl sites for hydroxylation is 2. The van der Waals surface area contributed by atoms with Gasteiger partial charge in [-0.2, -0.15) is 0 Å². The zero-order chi connectivity index (χ0) is 36.3. The Morgan fingerprint density at radius 1 is 0.426 bits per heavy atom. The van der Waals surface area contributed by atoms with Crippen LogP contribution in [0.2, 0.25) is 0 Å². The van der Waals surface area contributed by atoms with Crippen molar-refractivity contribution in [1.82, 2.24) is 14.1 Å². The number of rotatable bonds is 5. The average Bonchev–Trinajstić information content (AvgIpc) is 3.73. The summed E-state index contributed by atoms with van der Waals surface area (Å²) in [5.74, 6) is 0. The molecular formula is C50H34N4. The third-order valence-corrected chi connectivity index (χ3v) is 10.8. The van der Waals surface area contributed by atoms with Gasteiger partial charge in [0.05, 0.1) is 40.0 Å². The molecule has 7 aromatic carbocycles. The first-order valence-corrected chi connectivity index (χ1v) is 18.2. The first-order chi connectivity index (χ1) is 26.6. The first kappa shape index (κ1) is 31.5. The molecule has 4 heteroatoms. The van der Waals surface area contributed by atoms with Crippen LogP contribution in [0.5, 0.6) is 0 Å². The van der Waals surface area contributed by atoms with E-state index in [1.54, 1.807) is 12.4 Å². The van der Waals surface area contributed by atoms with Crippen molar-refractivity contribution in [2.45, 2.75) is 13.8 Å². The van der Waals surface area contributed by atoms with Crippen molar-refractivity contribution >= 4 is 49.3 Å². The molecule has 0 bridgehead atoms. The van der Waals surface area contributed by atoms with E-state index in [1.807, 2.05) is 12.1 Å². The van der Waals surface area contributed by atoms with Crippen LogP contribution in [-0.2, 0) is 0 Å². The molecule has 0 aliphatic rings. The zero-order valence-electron chi connectivity index (χ0n) is 30.0. The second kappa shape index (κ2) is 12.5. The predicted molar refractivity (Wildman–Crippen MR) is 225 cm³/mol. The Morgan fingerprint density at radius 3 is 1.37 bits per heavy atom. The topological polar surface area (TPSA) is 27.1 Å². The highest BCUT2D eigenvalue weighted by molar-refractivity contribution is 6.13. The van der Waals surface area contributed by atoms with E-state index in [4.69, 9.17) is 6.57 Å². The van der Waals surface area contributed by atoms with Crippen molar-refractivity contribution in [2.24, 2.45) is 0 Å². The van der Waals surface area contributed by atoms with Gasteiger partial charge in [0.2, 0.25) is 0 Å². The maximum atomic E-state index is 8.44. The molecule has 0 radical (unpaired) electrons. The van der Waals surface area contributed by atoms with E-state index in [1.165, 1.54) is 54.9 Å². The highest BCUT2D eigenvalue weighted by Crippen LogP contribution is 2.44. The Kier molecular flexibility index (Phi) is 7.28. The van der Waals surface area contributed by atoms with Crippen molar-refractivity contribution in [3.05, 3.63) is 193 Å². The van der Waals surface area contributed by atoms with E-state index in [9.17, 15) is 0 Å². The number of nitrogens with zero attached hydrogens (tertiary/aromatic N) is 4. The van der Waals surface area contributed by atoms with Gasteiger partial charge in [-0.3, -0.25) is 4.98 Å². The van der Waals surface area contributed by atoms with Gasteiger partial charge in [0.1, 0.15) is 0 Å². The van der Waals surface area contributed by atoms with Crippen molar-refractivity contribution in [3.63, 3.8) is 0 Å². The van der Waals surface area contributed by atoms with E-state index < -0.39 is 0 Å². The summed E-state index contributed by atoms with van der Waals surface area (Å²) in [6.07, 6.45) is 3.59. The van der Waals surface area contributed by atoms with E-state index >= 15 is 0 Å². The Hall–Kier alpha value is -7.22. The molecule has 0 aliphatic heterocycles. The molecule has 0 aliphatic carbocycles. The zero-order valence-corrected chi connectivity index (χ0v) is 30.0. The third kappa shape index (κ3) is 5.02. The summed E-state index contributed by atoms with van der Waals surface area (Å²) in [5.41, 5.74) is 16.0. The molecule has 10 rings (SSSR count). The summed E-state index contributed by atoms with van der Waals surface area (Å²) in [7, 11) is 0. The fraction of sp³-hybridized carbons (Fsp3) is 0.0400. The highest BCUT2D eigenvalue weighted by atomic mass is 15.1. The predicted octanol–water partition coefficient (Wildman–Crippen LogP) is 13.4. The lowest BCUT2D eigenvalue weighted by Gasteiger charge is -2.20. The summed E-state index contributed by atoms with van der Waals surface area (Å²) >= 11 is 0. The summed E-state index contributed by atoms with van der Waals surface area (Å²) in [6.45, 7) is 12.7. The van der Waals surface area contributed by atoms with Crippen LogP contribution in [0.15, 0.2) is 170 Å². The number of fused-ring (bicyclic) bond motifs is 6. The SMILES string of the molecule is [C-]#[N+]c1cc(-n2c3ccccc3c3cc(-c4ccc(C)cc4)ccc32)c(-n2c3ccccc3c3cc(-c4ccc(C)cc4)ccc32)cc1-c1ccncc1. The molecule has 54 heavy (non-hydrogen) atoms. The molecule has 0 saturated heterocycles. The molecule has 0 N–H and O–H groups in total. The van der Waals surface area contributed by atoms with Crippen LogP contribution >= 0.6 is 0 Å². The highest BCUT2D eigenvalue weighted by Gasteiger charge is 2.22. The Bertz CT molecular complexity index is 3100. The Balaban J connectivity index is 1.30. The van der Waals surface area contributed by atoms with Gasteiger partial charge >= 0.3 is 0 Å². The van der Waals surface area contributed by atoms with Gasteiger partial charge in [0, 0.05) is 33.9 Å². The lowest BCUT2D eigenvalue weighted by atomic mass is 10.0. The number of pyridine rings is 1. The van der Waals surface area contributed by atoms with Gasteiger partial charge < -0.3 is 9.13 Å². The molecule has 254 valence electrons. The number of aromatic nitrogens is 3. The lowest BCUT2D eigenvalue weighted by Crippen LogP contribution is -2.04. The summed E-state index contributed by atoms with van der Waals surface area (Å²) in [6, 6.07) is 56.6. The molecule has 0 atom stereocenters. The van der Waals surface area contributed by atoms with Gasteiger partial charge in [-0.25, -0.2) is 4.85 Å². The third-order valence-electron chi connectivity index (χ3n) is 10.8. The molecule has 0 amide bonds. The smallest absolute Gasteiger partial charge is 0.197 e. The minimum absolute atomic E-state index is 0.588. The van der Waals surface area contributed by atoms with Gasteiger partial charge in [0.15, 0.2) is 5.69 Å². The second-order valence-electron chi connectivity index (χ2n) is 14.1. The molecule has 3 aromatic heterocycles. The maximum Gasteiger partial charge on any atom is 0.197 e. The van der Waals surface area contributed by atoms with Gasteiger partial charge in [-0.1, -0.05) is 108 Å². The van der Waals surface area contributed by atoms with Crippen LogP contribution in [0.1, 0.15) is 11.1 Å². The number of para-hydroxylation sites is 2. The molecule has 0 saturated carbocycles. The van der Waals surface area contributed by atoms with E-state index in [-0.39, 0.29) is 0 Å². The van der Waals surface area contributed by atoms with E-state index in [0.29, 0.717) is 5.69 Å². The molecule has 0 unspecified atom stereocenters. The molecular weight excluding hydrogens is 657 g/mol. The lowest BCUT2D eigenvalue weighted by molar-refractivity contribution is 1.10. The number of hydrogen-bond acceptors (Lipinski definition) is 1. The summed E-state index contributed by atoms with van der Waals surface area (Å²) < 4.78 is 4.74. The van der Waals surface area contributed by atoms with Crippen LogP contribution in [0.3, 0.4) is 0 Å². The minimum atomic E-state index is 0.588. The molecule has 3 heterocycles.